The summed E-state index contributed by atoms with van der Waals surface area (Å²) in [4.78, 5) is 29.4. The van der Waals surface area contributed by atoms with E-state index in [9.17, 15) is 18.0 Å². The molecule has 1 aromatic carbocycles. The summed E-state index contributed by atoms with van der Waals surface area (Å²) < 4.78 is 35.8. The van der Waals surface area contributed by atoms with Crippen LogP contribution in [0.5, 0.6) is 5.75 Å². The van der Waals surface area contributed by atoms with Crippen LogP contribution in [0.15, 0.2) is 28.7 Å². The van der Waals surface area contributed by atoms with Crippen LogP contribution >= 0.6 is 11.3 Å². The molecule has 3 aromatic rings. The fourth-order valence-corrected chi connectivity index (χ4v) is 5.15. The highest BCUT2D eigenvalue weighted by Crippen LogP contribution is 2.28. The number of primary sulfonamides is 1. The third kappa shape index (κ3) is 6.56. The zero-order valence-corrected chi connectivity index (χ0v) is 22.3. The number of benzene rings is 1. The monoisotopic (exact) mass is 538 g/mol. The number of aromatic nitrogens is 4. The first-order chi connectivity index (χ1) is 16.9. The summed E-state index contributed by atoms with van der Waals surface area (Å²) >= 11 is 0.953. The van der Waals surface area contributed by atoms with Gasteiger partial charge >= 0.3 is 5.97 Å². The zero-order chi connectivity index (χ0) is 26.6. The summed E-state index contributed by atoms with van der Waals surface area (Å²) in [6.07, 6.45) is 1.61. The van der Waals surface area contributed by atoms with Gasteiger partial charge in [-0.05, 0) is 37.0 Å². The molecule has 3 rings (SSSR count). The van der Waals surface area contributed by atoms with Crippen LogP contribution in [-0.4, -0.2) is 52.9 Å². The Bertz CT molecular complexity index is 1330. The lowest BCUT2D eigenvalue weighted by Gasteiger charge is -2.25. The number of amides is 1. The Kier molecular flexibility index (Phi) is 8.63. The number of nitrogens with zero attached hydrogens (tertiary/aromatic N) is 4. The van der Waals surface area contributed by atoms with Crippen LogP contribution in [0.3, 0.4) is 0 Å². The van der Waals surface area contributed by atoms with Crippen LogP contribution in [0.2, 0.25) is 0 Å². The van der Waals surface area contributed by atoms with E-state index in [4.69, 9.17) is 14.6 Å². The molecule has 3 N–H and O–H groups in total. The zero-order valence-electron chi connectivity index (χ0n) is 20.7. The fraction of sp³-hybridized carbons (Fsp3) is 0.500. The van der Waals surface area contributed by atoms with Gasteiger partial charge in [0.15, 0.2) is 0 Å². The normalized spacial score (nSPS) is 13.7. The van der Waals surface area contributed by atoms with Crippen molar-refractivity contribution in [2.45, 2.75) is 57.6 Å². The Morgan fingerprint density at radius 1 is 1.19 bits per heavy atom. The Morgan fingerprint density at radius 3 is 2.53 bits per heavy atom. The molecule has 2 heterocycles. The third-order valence-electron chi connectivity index (χ3n) is 5.22. The van der Waals surface area contributed by atoms with E-state index in [0.717, 1.165) is 11.3 Å². The summed E-state index contributed by atoms with van der Waals surface area (Å²) in [6, 6.07) is 3.48. The van der Waals surface area contributed by atoms with Crippen molar-refractivity contribution in [3.8, 4) is 5.75 Å². The maximum absolute atomic E-state index is 13.1. The number of carbonyl (C=O) groups is 2. The molecule has 0 aliphatic heterocycles. The standard InChI is InChI=1S/C22H30N6O6S2/c1-6-33-21(30)18(12(2)3)25-20(29)19(13(4)5)28-10-14(26-27-28)11-34-15-7-8-16-17(9-15)35-22(24-16)36(23,31)32/h7-10,12-13,18-19H,6,11H2,1-5H3,(H,25,29)(H2,23,31,32). The van der Waals surface area contributed by atoms with Crippen LogP contribution in [0.1, 0.15) is 46.4 Å². The second-order valence-corrected chi connectivity index (χ2v) is 11.6. The van der Waals surface area contributed by atoms with Crippen molar-refractivity contribution in [3.63, 3.8) is 0 Å². The number of esters is 1. The number of hydrogen-bond acceptors (Lipinski definition) is 10. The summed E-state index contributed by atoms with van der Waals surface area (Å²) in [5, 5.41) is 16.2. The van der Waals surface area contributed by atoms with E-state index in [2.05, 4.69) is 20.6 Å². The Labute approximate surface area is 213 Å². The second kappa shape index (κ2) is 11.3. The van der Waals surface area contributed by atoms with E-state index >= 15 is 0 Å². The molecule has 196 valence electrons. The molecular formula is C22H30N6O6S2. The molecular weight excluding hydrogens is 508 g/mol. The van der Waals surface area contributed by atoms with E-state index in [-0.39, 0.29) is 35.3 Å². The molecule has 2 atom stereocenters. The summed E-state index contributed by atoms with van der Waals surface area (Å²) in [5.41, 5.74) is 0.976. The van der Waals surface area contributed by atoms with Crippen molar-refractivity contribution in [2.75, 3.05) is 6.61 Å². The van der Waals surface area contributed by atoms with Crippen LogP contribution in [0.4, 0.5) is 0 Å². The highest BCUT2D eigenvalue weighted by atomic mass is 32.2. The largest absolute Gasteiger partial charge is 0.487 e. The molecule has 0 fully saturated rings. The summed E-state index contributed by atoms with van der Waals surface area (Å²) in [7, 11) is -3.89. The number of carbonyl (C=O) groups excluding carboxylic acids is 2. The van der Waals surface area contributed by atoms with Crippen molar-refractivity contribution in [3.05, 3.63) is 30.1 Å². The fourth-order valence-electron chi connectivity index (χ4n) is 3.46. The first-order valence-corrected chi connectivity index (χ1v) is 13.7. The predicted molar refractivity (Wildman–Crippen MR) is 133 cm³/mol. The molecule has 12 nitrogen and oxygen atoms in total. The topological polar surface area (TPSA) is 168 Å². The molecule has 2 unspecified atom stereocenters. The van der Waals surface area contributed by atoms with E-state index in [0.29, 0.717) is 21.7 Å². The smallest absolute Gasteiger partial charge is 0.328 e. The van der Waals surface area contributed by atoms with Crippen molar-refractivity contribution in [2.24, 2.45) is 17.0 Å². The lowest BCUT2D eigenvalue weighted by atomic mass is 10.0. The number of nitrogens with one attached hydrogen (secondary N) is 1. The Hall–Kier alpha value is -3.10. The van der Waals surface area contributed by atoms with Crippen LogP contribution < -0.4 is 15.2 Å². The average molecular weight is 539 g/mol. The molecule has 36 heavy (non-hydrogen) atoms. The van der Waals surface area contributed by atoms with Crippen molar-refractivity contribution < 1.29 is 27.5 Å². The molecule has 0 saturated heterocycles. The highest BCUT2D eigenvalue weighted by Gasteiger charge is 2.32. The minimum atomic E-state index is -3.89. The van der Waals surface area contributed by atoms with Crippen molar-refractivity contribution >= 4 is 43.5 Å². The molecule has 1 amide bonds. The number of ether oxygens (including phenoxy) is 2. The van der Waals surface area contributed by atoms with Crippen LogP contribution in [-0.2, 0) is 31.0 Å². The number of fused-ring (bicyclic) bond motifs is 1. The minimum Gasteiger partial charge on any atom is -0.487 e. The third-order valence-corrected chi connectivity index (χ3v) is 7.56. The first-order valence-electron chi connectivity index (χ1n) is 11.3. The molecule has 0 radical (unpaired) electrons. The first kappa shape index (κ1) is 27.5. The van der Waals surface area contributed by atoms with Crippen LogP contribution in [0.25, 0.3) is 10.2 Å². The summed E-state index contributed by atoms with van der Waals surface area (Å²) in [6.45, 7) is 9.41. The molecule has 14 heteroatoms. The predicted octanol–water partition coefficient (Wildman–Crippen LogP) is 2.02. The Morgan fingerprint density at radius 2 is 1.92 bits per heavy atom. The summed E-state index contributed by atoms with van der Waals surface area (Å²) in [5.74, 6) is -0.663. The van der Waals surface area contributed by atoms with Gasteiger partial charge in [-0.2, -0.15) is 0 Å². The molecule has 0 saturated carbocycles. The maximum Gasteiger partial charge on any atom is 0.328 e. The van der Waals surface area contributed by atoms with E-state index in [1.807, 2.05) is 27.7 Å². The van der Waals surface area contributed by atoms with Gasteiger partial charge in [0, 0.05) is 0 Å². The molecule has 0 aliphatic rings. The number of thiazole rings is 1. The van der Waals surface area contributed by atoms with Crippen molar-refractivity contribution in [1.82, 2.24) is 25.3 Å². The molecule has 0 spiro atoms. The number of hydrogen-bond donors (Lipinski definition) is 2. The van der Waals surface area contributed by atoms with Crippen LogP contribution in [0, 0.1) is 11.8 Å². The van der Waals surface area contributed by atoms with E-state index < -0.39 is 28.1 Å². The van der Waals surface area contributed by atoms with Gasteiger partial charge in [0.25, 0.3) is 10.0 Å². The number of rotatable bonds is 11. The molecule has 0 bridgehead atoms. The van der Waals surface area contributed by atoms with Gasteiger partial charge in [-0.1, -0.05) is 32.9 Å². The second-order valence-electron chi connectivity index (χ2n) is 8.80. The maximum atomic E-state index is 13.1. The van der Waals surface area contributed by atoms with E-state index in [1.165, 1.54) is 4.68 Å². The van der Waals surface area contributed by atoms with E-state index in [1.54, 1.807) is 31.3 Å². The van der Waals surface area contributed by atoms with Gasteiger partial charge < -0.3 is 14.8 Å². The van der Waals surface area contributed by atoms with Gasteiger partial charge in [-0.25, -0.2) is 28.0 Å². The quantitative estimate of drug-likeness (QED) is 0.347. The lowest BCUT2D eigenvalue weighted by molar-refractivity contribution is -0.149. The van der Waals surface area contributed by atoms with Gasteiger partial charge in [0.2, 0.25) is 10.2 Å². The minimum absolute atomic E-state index is 0.0657. The van der Waals surface area contributed by atoms with Gasteiger partial charge in [0.1, 0.15) is 30.1 Å². The van der Waals surface area contributed by atoms with Crippen molar-refractivity contribution in [1.29, 1.82) is 0 Å². The molecule has 0 aliphatic carbocycles. The van der Waals surface area contributed by atoms with Gasteiger partial charge in [-0.15, -0.1) is 16.4 Å². The lowest BCUT2D eigenvalue weighted by Crippen LogP contribution is -2.48. The molecule has 2 aromatic heterocycles. The number of sulfonamides is 1. The number of nitrogens with two attached hydrogens (primary N) is 1. The Balaban J connectivity index is 1.71. The SMILES string of the molecule is CCOC(=O)C(NC(=O)C(C(C)C)n1cc(COc2ccc3nc(S(N)(=O)=O)sc3c2)nn1)C(C)C. The van der Waals surface area contributed by atoms with Gasteiger partial charge in [-0.3, -0.25) is 4.79 Å². The average Bonchev–Trinajstić information content (AvgIpc) is 3.42. The highest BCUT2D eigenvalue weighted by molar-refractivity contribution is 7.91. The van der Waals surface area contributed by atoms with Gasteiger partial charge in [0.05, 0.1) is 23.0 Å².